The van der Waals surface area contributed by atoms with Crippen LogP contribution in [-0.2, 0) is 0 Å². The van der Waals surface area contributed by atoms with Crippen LogP contribution in [0.5, 0.6) is 0 Å². The van der Waals surface area contributed by atoms with Gasteiger partial charge in [0.2, 0.25) is 4.91 Å². The van der Waals surface area contributed by atoms with E-state index >= 15 is 0 Å². The molecule has 0 aliphatic rings. The highest BCUT2D eigenvalue weighted by Crippen LogP contribution is 2.08. The van der Waals surface area contributed by atoms with E-state index in [1.807, 2.05) is 4.91 Å². The van der Waals surface area contributed by atoms with E-state index in [0.717, 1.165) is 8.58 Å². The first-order valence-corrected chi connectivity index (χ1v) is 5.77. The van der Waals surface area contributed by atoms with Crippen LogP contribution in [0, 0.1) is 11.1 Å². The Balaban J connectivity index is 0.000000386. The van der Waals surface area contributed by atoms with Gasteiger partial charge in [0.25, 0.3) is 0 Å². The zero-order valence-electron chi connectivity index (χ0n) is 8.72. The number of nitrogens with one attached hydrogen (secondary N) is 2. The van der Waals surface area contributed by atoms with Crippen LogP contribution in [0.4, 0.5) is 0 Å². The molecule has 0 radical (unpaired) electrons. The van der Waals surface area contributed by atoms with Crippen molar-refractivity contribution in [2.45, 2.75) is 0 Å². The molecular formula is C12H13N3P+. The molecule has 80 valence electrons. The van der Waals surface area contributed by atoms with Crippen LogP contribution in [0.25, 0.3) is 0 Å². The van der Waals surface area contributed by atoms with E-state index < -0.39 is 0 Å². The summed E-state index contributed by atoms with van der Waals surface area (Å²) in [5.74, 6) is 0. The van der Waals surface area contributed by atoms with E-state index in [1.54, 1.807) is 0 Å². The molecule has 2 rings (SSSR count). The first kappa shape index (κ1) is 12.3. The molecule has 0 aromatic heterocycles. The van der Waals surface area contributed by atoms with Crippen LogP contribution in [0.1, 0.15) is 0 Å². The minimum Gasteiger partial charge on any atom is -0.0622 e. The summed E-state index contributed by atoms with van der Waals surface area (Å²) in [4.78, 5) is 2.00. The van der Waals surface area contributed by atoms with Gasteiger partial charge in [-0.15, -0.1) is 0 Å². The predicted octanol–water partition coefficient (Wildman–Crippen LogP) is 2.43. The Morgan fingerprint density at radius 2 is 1.00 bits per heavy atom. The van der Waals surface area contributed by atoms with Gasteiger partial charge in [0, 0.05) is 0 Å². The van der Waals surface area contributed by atoms with Gasteiger partial charge in [-0.05, 0) is 10.6 Å². The fraction of sp³-hybridized carbons (Fsp3) is 0. The van der Waals surface area contributed by atoms with Crippen molar-refractivity contribution in [2.24, 2.45) is 0 Å². The fourth-order valence-corrected chi connectivity index (χ4v) is 2.26. The summed E-state index contributed by atoms with van der Waals surface area (Å²) in [6.07, 6.45) is 0. The smallest absolute Gasteiger partial charge is 0.0622 e. The molecule has 0 fully saturated rings. The molecule has 0 spiro atoms. The monoisotopic (exact) mass is 230 g/mol. The second-order valence-electron chi connectivity index (χ2n) is 2.97. The second-order valence-corrected chi connectivity index (χ2v) is 4.37. The van der Waals surface area contributed by atoms with Gasteiger partial charge in [0.15, 0.2) is 0 Å². The van der Waals surface area contributed by atoms with Crippen molar-refractivity contribution in [3.05, 3.63) is 60.7 Å². The van der Waals surface area contributed by atoms with Crippen LogP contribution < -0.4 is 15.5 Å². The van der Waals surface area contributed by atoms with Crippen molar-refractivity contribution < 1.29 is 0 Å². The summed E-state index contributed by atoms with van der Waals surface area (Å²) >= 11 is 0. The molecule has 0 bridgehead atoms. The largest absolute Gasteiger partial charge is 0.211 e. The fourth-order valence-electron chi connectivity index (χ4n) is 1.21. The highest BCUT2D eigenvalue weighted by atomic mass is 31.1. The van der Waals surface area contributed by atoms with E-state index in [9.17, 15) is 0 Å². The van der Waals surface area contributed by atoms with Crippen LogP contribution in [0.15, 0.2) is 60.7 Å². The van der Waals surface area contributed by atoms with Crippen molar-refractivity contribution in [3.63, 3.8) is 0 Å². The predicted molar refractivity (Wildman–Crippen MR) is 68.0 cm³/mol. The summed E-state index contributed by atoms with van der Waals surface area (Å²) < 4.78 is 0. The van der Waals surface area contributed by atoms with Crippen LogP contribution in [0.2, 0.25) is 0 Å². The normalized spacial score (nSPS) is 8.50. The van der Waals surface area contributed by atoms with Crippen LogP contribution in [0.3, 0.4) is 0 Å². The summed E-state index contributed by atoms with van der Waals surface area (Å²) in [5.41, 5.74) is 11.0. The summed E-state index contributed by atoms with van der Waals surface area (Å²) in [6, 6.07) is 21.2. The molecule has 16 heavy (non-hydrogen) atoms. The number of nitrogens with zero attached hydrogens (tertiary/aromatic N) is 1. The van der Waals surface area contributed by atoms with Crippen molar-refractivity contribution in [2.75, 3.05) is 0 Å². The Hall–Kier alpha value is -1.82. The van der Waals surface area contributed by atoms with E-state index in [4.69, 9.17) is 11.1 Å². The number of benzene rings is 2. The molecule has 0 saturated heterocycles. The molecule has 2 N–H and O–H groups in total. The SMILES string of the molecule is N=[N+]=N.c1ccc(Pc2ccccc2)cc1. The third kappa shape index (κ3) is 4.61. The lowest BCUT2D eigenvalue weighted by molar-refractivity contribution is 0.928. The van der Waals surface area contributed by atoms with Gasteiger partial charge in [-0.1, -0.05) is 69.2 Å². The maximum Gasteiger partial charge on any atom is 0.211 e. The Morgan fingerprint density at radius 3 is 1.31 bits per heavy atom. The first-order chi connectivity index (χ1) is 7.86. The van der Waals surface area contributed by atoms with E-state index in [1.165, 1.54) is 10.6 Å². The quantitative estimate of drug-likeness (QED) is 0.452. The average Bonchev–Trinajstić information content (AvgIpc) is 2.33. The average molecular weight is 230 g/mol. The molecule has 0 aliphatic heterocycles. The Kier molecular flexibility index (Phi) is 5.72. The molecule has 0 unspecified atom stereocenters. The van der Waals surface area contributed by atoms with Crippen molar-refractivity contribution >= 4 is 19.2 Å². The highest BCUT2D eigenvalue weighted by Gasteiger charge is 1.92. The first-order valence-electron chi connectivity index (χ1n) is 4.77. The number of rotatable bonds is 2. The standard InChI is InChI=1S/C12H11P.H2N3/c1-3-7-11(8-4-1)13-12-9-5-2-6-10-12;1-3-2/h1-10,13H;1-2H/q;+1. The van der Waals surface area contributed by atoms with E-state index in [0.29, 0.717) is 0 Å². The molecule has 3 nitrogen and oxygen atoms in total. The molecule has 2 aromatic carbocycles. The lowest BCUT2D eigenvalue weighted by Crippen LogP contribution is -2.01. The van der Waals surface area contributed by atoms with Gasteiger partial charge < -0.3 is 0 Å². The topological polar surface area (TPSA) is 61.8 Å². The molecular weight excluding hydrogens is 217 g/mol. The third-order valence-corrected chi connectivity index (χ3v) is 3.08. The molecule has 4 heteroatoms. The molecule has 0 heterocycles. The zero-order chi connectivity index (χ0) is 11.6. The van der Waals surface area contributed by atoms with Gasteiger partial charge in [-0.3, -0.25) is 0 Å². The minimum absolute atomic E-state index is 0.777. The molecule has 0 amide bonds. The molecule has 2 aromatic rings. The van der Waals surface area contributed by atoms with Crippen molar-refractivity contribution in [1.29, 1.82) is 11.1 Å². The van der Waals surface area contributed by atoms with Gasteiger partial charge in [-0.25, -0.2) is 0 Å². The lowest BCUT2D eigenvalue weighted by atomic mass is 10.4. The maximum absolute atomic E-state index is 5.50. The maximum atomic E-state index is 5.50. The minimum atomic E-state index is 0.777. The van der Waals surface area contributed by atoms with Crippen LogP contribution >= 0.6 is 8.58 Å². The highest BCUT2D eigenvalue weighted by molar-refractivity contribution is 7.55. The van der Waals surface area contributed by atoms with Crippen LogP contribution in [-0.4, -0.2) is 0 Å². The van der Waals surface area contributed by atoms with Gasteiger partial charge in [0.1, 0.15) is 11.1 Å². The second kappa shape index (κ2) is 7.47. The van der Waals surface area contributed by atoms with Crippen molar-refractivity contribution in [3.8, 4) is 0 Å². The molecule has 0 atom stereocenters. The molecule has 0 saturated carbocycles. The lowest BCUT2D eigenvalue weighted by Gasteiger charge is -2.00. The van der Waals surface area contributed by atoms with E-state index in [-0.39, 0.29) is 0 Å². The third-order valence-electron chi connectivity index (χ3n) is 1.84. The summed E-state index contributed by atoms with van der Waals surface area (Å²) in [7, 11) is 0.777. The summed E-state index contributed by atoms with van der Waals surface area (Å²) in [5, 5.41) is 2.79. The zero-order valence-corrected chi connectivity index (χ0v) is 9.72. The Bertz CT molecular complexity index is 399. The Morgan fingerprint density at radius 1 is 0.688 bits per heavy atom. The van der Waals surface area contributed by atoms with Crippen molar-refractivity contribution in [1.82, 2.24) is 4.91 Å². The van der Waals surface area contributed by atoms with Gasteiger partial charge >= 0.3 is 0 Å². The number of hydrogen-bond donors (Lipinski definition) is 2. The summed E-state index contributed by atoms with van der Waals surface area (Å²) in [6.45, 7) is 0. The van der Waals surface area contributed by atoms with E-state index in [2.05, 4.69) is 60.7 Å². The molecule has 0 aliphatic carbocycles. The Labute approximate surface area is 96.3 Å². The van der Waals surface area contributed by atoms with Gasteiger partial charge in [-0.2, -0.15) is 0 Å². The van der Waals surface area contributed by atoms with Gasteiger partial charge in [0.05, 0.1) is 0 Å². The number of hydrogen-bond acceptors (Lipinski definition) is 2.